The van der Waals surface area contributed by atoms with E-state index in [9.17, 15) is 22.8 Å². The molecule has 0 unspecified atom stereocenters. The van der Waals surface area contributed by atoms with Crippen molar-refractivity contribution >= 4 is 29.3 Å². The van der Waals surface area contributed by atoms with E-state index in [0.29, 0.717) is 22.7 Å². The second kappa shape index (κ2) is 7.14. The summed E-state index contributed by atoms with van der Waals surface area (Å²) < 4.78 is 43.0. The summed E-state index contributed by atoms with van der Waals surface area (Å²) >= 11 is 0. The molecule has 3 rings (SSSR count). The molecule has 0 radical (unpaired) electrons. The molecular weight excluding hydrogens is 361 g/mol. The number of amides is 2. The second-order valence-corrected chi connectivity index (χ2v) is 5.90. The molecule has 1 atom stereocenters. The van der Waals surface area contributed by atoms with Crippen molar-refractivity contribution in [1.29, 1.82) is 0 Å². The third kappa shape index (κ3) is 4.46. The predicted molar refractivity (Wildman–Crippen MR) is 94.3 cm³/mol. The highest BCUT2D eigenvalue weighted by atomic mass is 19.4. The summed E-state index contributed by atoms with van der Waals surface area (Å²) in [5.74, 6) is -0.250. The Balaban J connectivity index is 1.65. The SMILES string of the molecule is C[C@@H]1Oc2ccc(NC(=O)/C=C/c3ccc(C(F)(F)F)cc3)cc2NC1=O. The molecule has 2 amide bonds. The van der Waals surface area contributed by atoms with Crippen LogP contribution in [0.4, 0.5) is 24.5 Å². The van der Waals surface area contributed by atoms with Crippen LogP contribution in [0.1, 0.15) is 18.1 Å². The molecule has 0 fully saturated rings. The maximum atomic E-state index is 12.5. The molecule has 2 N–H and O–H groups in total. The van der Waals surface area contributed by atoms with Crippen molar-refractivity contribution in [2.75, 3.05) is 10.6 Å². The van der Waals surface area contributed by atoms with Crippen LogP contribution < -0.4 is 15.4 Å². The average Bonchev–Trinajstić information content (AvgIpc) is 2.61. The van der Waals surface area contributed by atoms with Crippen LogP contribution in [0.15, 0.2) is 48.5 Å². The third-order valence-corrected chi connectivity index (χ3v) is 3.84. The monoisotopic (exact) mass is 376 g/mol. The van der Waals surface area contributed by atoms with E-state index in [-0.39, 0.29) is 5.91 Å². The van der Waals surface area contributed by atoms with E-state index in [2.05, 4.69) is 10.6 Å². The van der Waals surface area contributed by atoms with Gasteiger partial charge in [-0.1, -0.05) is 12.1 Å². The first-order valence-corrected chi connectivity index (χ1v) is 8.00. The number of benzene rings is 2. The fraction of sp³-hybridized carbons (Fsp3) is 0.158. The lowest BCUT2D eigenvalue weighted by molar-refractivity contribution is -0.137. The number of fused-ring (bicyclic) bond motifs is 1. The molecule has 5 nitrogen and oxygen atoms in total. The molecule has 0 bridgehead atoms. The number of carbonyl (C=O) groups excluding carboxylic acids is 2. The fourth-order valence-electron chi connectivity index (χ4n) is 2.43. The molecule has 1 aliphatic heterocycles. The second-order valence-electron chi connectivity index (χ2n) is 5.90. The summed E-state index contributed by atoms with van der Waals surface area (Å²) in [6.45, 7) is 1.63. The van der Waals surface area contributed by atoms with Crippen molar-refractivity contribution in [2.24, 2.45) is 0 Å². The fourth-order valence-corrected chi connectivity index (χ4v) is 2.43. The molecular formula is C19H15F3N2O3. The van der Waals surface area contributed by atoms with E-state index in [1.807, 2.05) is 0 Å². The van der Waals surface area contributed by atoms with Gasteiger partial charge in [-0.2, -0.15) is 13.2 Å². The highest BCUT2D eigenvalue weighted by Gasteiger charge is 2.29. The summed E-state index contributed by atoms with van der Waals surface area (Å²) in [5, 5.41) is 5.28. The lowest BCUT2D eigenvalue weighted by Crippen LogP contribution is -2.34. The topological polar surface area (TPSA) is 67.4 Å². The summed E-state index contributed by atoms with van der Waals surface area (Å²) in [6, 6.07) is 9.25. The quantitative estimate of drug-likeness (QED) is 0.794. The standard InChI is InChI=1S/C19H15F3N2O3/c1-11-18(26)24-15-10-14(7-8-16(15)27-11)23-17(25)9-4-12-2-5-13(6-3-12)19(20,21)22/h2-11H,1H3,(H,23,25)(H,24,26)/b9-4+/t11-/m0/s1. The first-order chi connectivity index (χ1) is 12.7. The van der Waals surface area contributed by atoms with Crippen LogP contribution in [0, 0.1) is 0 Å². The normalized spacial score (nSPS) is 16.4. The number of rotatable bonds is 3. The van der Waals surface area contributed by atoms with Gasteiger partial charge in [0.25, 0.3) is 5.91 Å². The Bertz CT molecular complexity index is 905. The van der Waals surface area contributed by atoms with E-state index in [0.717, 1.165) is 12.1 Å². The highest BCUT2D eigenvalue weighted by molar-refractivity contribution is 6.03. The minimum absolute atomic E-state index is 0.284. The largest absolute Gasteiger partial charge is 0.479 e. The molecule has 27 heavy (non-hydrogen) atoms. The van der Waals surface area contributed by atoms with Crippen molar-refractivity contribution in [3.8, 4) is 5.75 Å². The molecule has 0 saturated carbocycles. The summed E-state index contributed by atoms with van der Waals surface area (Å²) in [7, 11) is 0. The van der Waals surface area contributed by atoms with E-state index < -0.39 is 23.8 Å². The summed E-state index contributed by atoms with van der Waals surface area (Å²) in [5.41, 5.74) is 0.590. The highest BCUT2D eigenvalue weighted by Crippen LogP contribution is 2.32. The zero-order valence-corrected chi connectivity index (χ0v) is 14.1. The van der Waals surface area contributed by atoms with Crippen LogP contribution in [0.3, 0.4) is 0 Å². The van der Waals surface area contributed by atoms with Crippen LogP contribution in [0.2, 0.25) is 0 Å². The number of nitrogens with one attached hydrogen (secondary N) is 2. The van der Waals surface area contributed by atoms with E-state index in [1.54, 1.807) is 25.1 Å². The first kappa shape index (κ1) is 18.5. The van der Waals surface area contributed by atoms with Gasteiger partial charge in [0, 0.05) is 11.8 Å². The van der Waals surface area contributed by atoms with E-state index >= 15 is 0 Å². The molecule has 0 saturated heterocycles. The van der Waals surface area contributed by atoms with Gasteiger partial charge in [0.2, 0.25) is 5.91 Å². The van der Waals surface area contributed by atoms with Crippen LogP contribution in [-0.4, -0.2) is 17.9 Å². The minimum atomic E-state index is -4.40. The Morgan fingerprint density at radius 3 is 2.56 bits per heavy atom. The van der Waals surface area contributed by atoms with Gasteiger partial charge < -0.3 is 15.4 Å². The Kier molecular flexibility index (Phi) is 4.89. The molecule has 0 aromatic heterocycles. The van der Waals surface area contributed by atoms with E-state index in [4.69, 9.17) is 4.74 Å². The minimum Gasteiger partial charge on any atom is -0.479 e. The van der Waals surface area contributed by atoms with Crippen LogP contribution in [-0.2, 0) is 15.8 Å². The summed E-state index contributed by atoms with van der Waals surface area (Å²) in [4.78, 5) is 23.6. The molecule has 2 aromatic carbocycles. The Hall–Kier alpha value is -3.29. The zero-order valence-electron chi connectivity index (χ0n) is 14.1. The van der Waals surface area contributed by atoms with Gasteiger partial charge in [0.1, 0.15) is 5.75 Å². The number of anilines is 2. The zero-order chi connectivity index (χ0) is 19.6. The van der Waals surface area contributed by atoms with Gasteiger partial charge in [-0.3, -0.25) is 9.59 Å². The Labute approximate surface area is 152 Å². The van der Waals surface area contributed by atoms with Crippen molar-refractivity contribution in [2.45, 2.75) is 19.2 Å². The number of carbonyl (C=O) groups is 2. The van der Waals surface area contributed by atoms with Gasteiger partial charge >= 0.3 is 6.18 Å². The van der Waals surface area contributed by atoms with Gasteiger partial charge in [-0.15, -0.1) is 0 Å². The molecule has 8 heteroatoms. The van der Waals surface area contributed by atoms with Gasteiger partial charge in [0.15, 0.2) is 6.10 Å². The Morgan fingerprint density at radius 1 is 1.19 bits per heavy atom. The van der Waals surface area contributed by atoms with Gasteiger partial charge in [0.05, 0.1) is 11.3 Å². The predicted octanol–water partition coefficient (Wildman–Crippen LogP) is 4.08. The molecule has 1 heterocycles. The third-order valence-electron chi connectivity index (χ3n) is 3.84. The van der Waals surface area contributed by atoms with Crippen LogP contribution >= 0.6 is 0 Å². The van der Waals surface area contributed by atoms with Gasteiger partial charge in [-0.05, 0) is 48.9 Å². The van der Waals surface area contributed by atoms with Crippen molar-refractivity contribution in [1.82, 2.24) is 0 Å². The maximum absolute atomic E-state index is 12.5. The van der Waals surface area contributed by atoms with Gasteiger partial charge in [-0.25, -0.2) is 0 Å². The average molecular weight is 376 g/mol. The van der Waals surface area contributed by atoms with Crippen molar-refractivity contribution in [3.05, 3.63) is 59.7 Å². The van der Waals surface area contributed by atoms with Crippen LogP contribution in [0.25, 0.3) is 6.08 Å². The van der Waals surface area contributed by atoms with Crippen LogP contribution in [0.5, 0.6) is 5.75 Å². The molecule has 2 aromatic rings. The molecule has 0 spiro atoms. The van der Waals surface area contributed by atoms with E-state index in [1.165, 1.54) is 24.3 Å². The number of halogens is 3. The lowest BCUT2D eigenvalue weighted by atomic mass is 10.1. The number of hydrogen-bond acceptors (Lipinski definition) is 3. The smallest absolute Gasteiger partial charge is 0.416 e. The molecule has 1 aliphatic rings. The first-order valence-electron chi connectivity index (χ1n) is 8.00. The summed E-state index contributed by atoms with van der Waals surface area (Å²) in [6.07, 6.45) is -2.38. The molecule has 0 aliphatic carbocycles. The lowest BCUT2D eigenvalue weighted by Gasteiger charge is -2.23. The number of hydrogen-bond donors (Lipinski definition) is 2. The molecule has 140 valence electrons. The Morgan fingerprint density at radius 2 is 1.89 bits per heavy atom. The van der Waals surface area contributed by atoms with Crippen molar-refractivity contribution < 1.29 is 27.5 Å². The number of ether oxygens (including phenoxy) is 1. The number of alkyl halides is 3. The maximum Gasteiger partial charge on any atom is 0.416 e. The van der Waals surface area contributed by atoms with Crippen molar-refractivity contribution in [3.63, 3.8) is 0 Å².